The summed E-state index contributed by atoms with van der Waals surface area (Å²) in [5.41, 5.74) is 7.28. The number of carbonyl (C=O) groups is 1. The molecular formula is C14H20N2O2. The highest BCUT2D eigenvalue weighted by Crippen LogP contribution is 2.20. The molecule has 1 aliphatic heterocycles. The molecule has 2 unspecified atom stereocenters. The van der Waals surface area contributed by atoms with Gasteiger partial charge in [0.05, 0.1) is 12.1 Å². The first-order chi connectivity index (χ1) is 8.63. The SMILES string of the molecule is CC1OCCC1N(C)C(=O)c1ccc(CN)cc1. The summed E-state index contributed by atoms with van der Waals surface area (Å²) in [5, 5.41) is 0. The van der Waals surface area contributed by atoms with Crippen molar-refractivity contribution in [1.82, 2.24) is 4.90 Å². The van der Waals surface area contributed by atoms with E-state index in [1.54, 1.807) is 4.90 Å². The predicted molar refractivity (Wildman–Crippen MR) is 70.2 cm³/mol. The van der Waals surface area contributed by atoms with Crippen LogP contribution in [0.15, 0.2) is 24.3 Å². The minimum Gasteiger partial charge on any atom is -0.376 e. The van der Waals surface area contributed by atoms with Gasteiger partial charge in [0.2, 0.25) is 0 Å². The Hall–Kier alpha value is -1.39. The fraction of sp³-hybridized carbons (Fsp3) is 0.500. The lowest BCUT2D eigenvalue weighted by Gasteiger charge is -2.26. The molecule has 1 amide bonds. The molecule has 2 N–H and O–H groups in total. The number of nitrogens with zero attached hydrogens (tertiary/aromatic N) is 1. The van der Waals surface area contributed by atoms with Crippen LogP contribution < -0.4 is 5.73 Å². The van der Waals surface area contributed by atoms with E-state index in [1.165, 1.54) is 0 Å². The molecule has 1 aromatic rings. The number of likely N-dealkylation sites (N-methyl/N-ethyl adjacent to an activating group) is 1. The fourth-order valence-corrected chi connectivity index (χ4v) is 2.37. The molecule has 0 saturated carbocycles. The summed E-state index contributed by atoms with van der Waals surface area (Å²) in [7, 11) is 1.84. The Morgan fingerprint density at radius 3 is 2.61 bits per heavy atom. The average molecular weight is 248 g/mol. The zero-order valence-electron chi connectivity index (χ0n) is 10.9. The van der Waals surface area contributed by atoms with Gasteiger partial charge in [0.15, 0.2) is 0 Å². The van der Waals surface area contributed by atoms with Gasteiger partial charge in [-0.25, -0.2) is 0 Å². The number of amides is 1. The smallest absolute Gasteiger partial charge is 0.253 e. The fourth-order valence-electron chi connectivity index (χ4n) is 2.37. The van der Waals surface area contributed by atoms with Crippen LogP contribution in [0.5, 0.6) is 0 Å². The van der Waals surface area contributed by atoms with Gasteiger partial charge in [-0.1, -0.05) is 12.1 Å². The Labute approximate surface area is 108 Å². The summed E-state index contributed by atoms with van der Waals surface area (Å²) >= 11 is 0. The van der Waals surface area contributed by atoms with Gasteiger partial charge in [-0.05, 0) is 31.0 Å². The van der Waals surface area contributed by atoms with Gasteiger partial charge >= 0.3 is 0 Å². The number of carbonyl (C=O) groups excluding carboxylic acids is 1. The number of hydrogen-bond acceptors (Lipinski definition) is 3. The van der Waals surface area contributed by atoms with Gasteiger partial charge < -0.3 is 15.4 Å². The van der Waals surface area contributed by atoms with Crippen LogP contribution in [0.3, 0.4) is 0 Å². The summed E-state index contributed by atoms with van der Waals surface area (Å²) in [6.07, 6.45) is 1.02. The molecule has 4 heteroatoms. The number of nitrogens with two attached hydrogens (primary N) is 1. The van der Waals surface area contributed by atoms with Crippen LogP contribution >= 0.6 is 0 Å². The molecule has 1 fully saturated rings. The van der Waals surface area contributed by atoms with Crippen LogP contribution in [0.2, 0.25) is 0 Å². The lowest BCUT2D eigenvalue weighted by molar-refractivity contribution is 0.0574. The van der Waals surface area contributed by atoms with Crippen LogP contribution in [0.1, 0.15) is 29.3 Å². The molecular weight excluding hydrogens is 228 g/mol. The second kappa shape index (κ2) is 5.50. The van der Waals surface area contributed by atoms with Crippen molar-refractivity contribution >= 4 is 5.91 Å². The summed E-state index contributed by atoms with van der Waals surface area (Å²) in [6.45, 7) is 3.24. The molecule has 1 aromatic carbocycles. The van der Waals surface area contributed by atoms with Crippen molar-refractivity contribution in [1.29, 1.82) is 0 Å². The van der Waals surface area contributed by atoms with Crippen molar-refractivity contribution in [2.75, 3.05) is 13.7 Å². The second-order valence-corrected chi connectivity index (χ2v) is 4.75. The first-order valence-corrected chi connectivity index (χ1v) is 6.31. The molecule has 4 nitrogen and oxygen atoms in total. The minimum atomic E-state index is 0.0425. The van der Waals surface area contributed by atoms with E-state index in [2.05, 4.69) is 0 Å². The normalized spacial score (nSPS) is 23.1. The van der Waals surface area contributed by atoms with E-state index in [9.17, 15) is 4.79 Å². The van der Waals surface area contributed by atoms with Gasteiger partial charge in [-0.2, -0.15) is 0 Å². The van der Waals surface area contributed by atoms with Gasteiger partial charge in [0.1, 0.15) is 0 Å². The van der Waals surface area contributed by atoms with Crippen molar-refractivity contribution in [2.45, 2.75) is 32.0 Å². The van der Waals surface area contributed by atoms with Crippen LogP contribution in [0.4, 0.5) is 0 Å². The van der Waals surface area contributed by atoms with E-state index in [4.69, 9.17) is 10.5 Å². The maximum atomic E-state index is 12.3. The molecule has 1 heterocycles. The van der Waals surface area contributed by atoms with Crippen LogP contribution in [0, 0.1) is 0 Å². The standard InChI is InChI=1S/C14H20N2O2/c1-10-13(7-8-18-10)16(2)14(17)12-5-3-11(9-15)4-6-12/h3-6,10,13H,7-9,15H2,1-2H3. The second-order valence-electron chi connectivity index (χ2n) is 4.75. The lowest BCUT2D eigenvalue weighted by atomic mass is 10.1. The zero-order chi connectivity index (χ0) is 13.1. The number of hydrogen-bond donors (Lipinski definition) is 1. The maximum Gasteiger partial charge on any atom is 0.253 e. The van der Waals surface area contributed by atoms with Crippen LogP contribution in [-0.4, -0.2) is 36.6 Å². The lowest BCUT2D eigenvalue weighted by Crippen LogP contribution is -2.41. The third kappa shape index (κ3) is 2.54. The summed E-state index contributed by atoms with van der Waals surface area (Å²) in [6, 6.07) is 7.64. The molecule has 98 valence electrons. The predicted octanol–water partition coefficient (Wildman–Crippen LogP) is 1.39. The quantitative estimate of drug-likeness (QED) is 0.879. The summed E-state index contributed by atoms with van der Waals surface area (Å²) < 4.78 is 5.50. The van der Waals surface area contributed by atoms with Crippen LogP contribution in [0.25, 0.3) is 0 Å². The van der Waals surface area contributed by atoms with Gasteiger partial charge in [-0.15, -0.1) is 0 Å². The molecule has 0 radical (unpaired) electrons. The van der Waals surface area contributed by atoms with Crippen molar-refractivity contribution < 1.29 is 9.53 Å². The van der Waals surface area contributed by atoms with E-state index < -0.39 is 0 Å². The van der Waals surface area contributed by atoms with E-state index in [-0.39, 0.29) is 18.1 Å². The highest BCUT2D eigenvalue weighted by molar-refractivity contribution is 5.94. The summed E-state index contributed by atoms with van der Waals surface area (Å²) in [5.74, 6) is 0.0425. The van der Waals surface area contributed by atoms with E-state index >= 15 is 0 Å². The molecule has 0 aromatic heterocycles. The third-order valence-corrected chi connectivity index (χ3v) is 3.59. The molecule has 1 aliphatic rings. The average Bonchev–Trinajstić information content (AvgIpc) is 2.83. The number of benzene rings is 1. The molecule has 2 atom stereocenters. The Kier molecular flexibility index (Phi) is 3.99. The Balaban J connectivity index is 2.09. The summed E-state index contributed by atoms with van der Waals surface area (Å²) in [4.78, 5) is 14.1. The van der Waals surface area contributed by atoms with Crippen molar-refractivity contribution in [3.05, 3.63) is 35.4 Å². The van der Waals surface area contributed by atoms with Crippen molar-refractivity contribution in [3.63, 3.8) is 0 Å². The Morgan fingerprint density at radius 1 is 1.44 bits per heavy atom. The maximum absolute atomic E-state index is 12.3. The largest absolute Gasteiger partial charge is 0.376 e. The van der Waals surface area contributed by atoms with Gasteiger partial charge in [-0.3, -0.25) is 4.79 Å². The minimum absolute atomic E-state index is 0.0425. The number of rotatable bonds is 3. The van der Waals surface area contributed by atoms with Crippen LogP contribution in [-0.2, 0) is 11.3 Å². The molecule has 2 rings (SSSR count). The van der Waals surface area contributed by atoms with Gasteiger partial charge in [0, 0.05) is 25.8 Å². The highest BCUT2D eigenvalue weighted by Gasteiger charge is 2.30. The van der Waals surface area contributed by atoms with E-state index in [1.807, 2.05) is 38.2 Å². The topological polar surface area (TPSA) is 55.6 Å². The van der Waals surface area contributed by atoms with Crippen molar-refractivity contribution in [2.24, 2.45) is 5.73 Å². The first kappa shape index (κ1) is 13.1. The molecule has 1 saturated heterocycles. The molecule has 0 spiro atoms. The Morgan fingerprint density at radius 2 is 2.11 bits per heavy atom. The first-order valence-electron chi connectivity index (χ1n) is 6.31. The molecule has 0 bridgehead atoms. The molecule has 18 heavy (non-hydrogen) atoms. The van der Waals surface area contributed by atoms with Crippen molar-refractivity contribution in [3.8, 4) is 0 Å². The van der Waals surface area contributed by atoms with E-state index in [0.29, 0.717) is 12.1 Å². The monoisotopic (exact) mass is 248 g/mol. The molecule has 0 aliphatic carbocycles. The third-order valence-electron chi connectivity index (χ3n) is 3.59. The number of ether oxygens (including phenoxy) is 1. The zero-order valence-corrected chi connectivity index (χ0v) is 10.9. The van der Waals surface area contributed by atoms with E-state index in [0.717, 1.165) is 18.6 Å². The van der Waals surface area contributed by atoms with Gasteiger partial charge in [0.25, 0.3) is 5.91 Å². The highest BCUT2D eigenvalue weighted by atomic mass is 16.5. The Bertz CT molecular complexity index is 416.